The number of nitrogen functional groups attached to an aromatic ring is 1. The number of carbonyl (C=O) groups is 3. The van der Waals surface area contributed by atoms with Gasteiger partial charge < -0.3 is 25.4 Å². The first-order valence-electron chi connectivity index (χ1n) is 13.5. The number of nitrogens with zero attached hydrogens (tertiary/aromatic N) is 8. The van der Waals surface area contributed by atoms with E-state index in [2.05, 4.69) is 45.1 Å². The summed E-state index contributed by atoms with van der Waals surface area (Å²) in [4.78, 5) is 55.0. The summed E-state index contributed by atoms with van der Waals surface area (Å²) < 4.78 is 3.65. The summed E-state index contributed by atoms with van der Waals surface area (Å²) in [5.74, 6) is 0.00841. The number of piperidine rings is 1. The van der Waals surface area contributed by atoms with Crippen molar-refractivity contribution >= 4 is 34.6 Å². The molecule has 0 bridgehead atoms. The van der Waals surface area contributed by atoms with Crippen LogP contribution in [0.3, 0.4) is 0 Å². The quantitative estimate of drug-likeness (QED) is 0.308. The number of aromatic nitrogens is 6. The van der Waals surface area contributed by atoms with Gasteiger partial charge in [-0.3, -0.25) is 14.4 Å². The highest BCUT2D eigenvalue weighted by atomic mass is 16.2. The Morgan fingerprint density at radius 1 is 1.00 bits per heavy atom. The van der Waals surface area contributed by atoms with Gasteiger partial charge in [-0.05, 0) is 37.1 Å². The van der Waals surface area contributed by atoms with Crippen LogP contribution in [0.1, 0.15) is 35.2 Å². The lowest BCUT2D eigenvalue weighted by Gasteiger charge is -2.32. The van der Waals surface area contributed by atoms with Crippen molar-refractivity contribution in [1.82, 2.24) is 44.4 Å². The van der Waals surface area contributed by atoms with Crippen molar-refractivity contribution in [1.29, 1.82) is 0 Å². The van der Waals surface area contributed by atoms with E-state index in [0.717, 1.165) is 18.7 Å². The molecule has 0 saturated carbocycles. The van der Waals surface area contributed by atoms with E-state index in [0.29, 0.717) is 55.0 Å². The highest BCUT2D eigenvalue weighted by Gasteiger charge is 2.29. The van der Waals surface area contributed by atoms with Crippen molar-refractivity contribution in [2.75, 3.05) is 25.4 Å². The largest absolute Gasteiger partial charge is 0.383 e. The molecule has 5 rings (SSSR count). The fourth-order valence-electron chi connectivity index (χ4n) is 5.18. The molecule has 0 aliphatic carbocycles. The van der Waals surface area contributed by atoms with E-state index in [4.69, 9.17) is 5.73 Å². The van der Waals surface area contributed by atoms with Crippen molar-refractivity contribution in [3.8, 4) is 0 Å². The Kier molecular flexibility index (Phi) is 8.09. The van der Waals surface area contributed by atoms with Gasteiger partial charge in [-0.15, -0.1) is 0 Å². The molecule has 13 heteroatoms. The zero-order valence-electron chi connectivity index (χ0n) is 23.1. The Hall–Kier alpha value is -5.33. The van der Waals surface area contributed by atoms with Crippen LogP contribution in [0, 0.1) is 0 Å². The van der Waals surface area contributed by atoms with Crippen LogP contribution in [0.5, 0.6) is 0 Å². The number of hydrogen-bond donors (Lipinski definition) is 2. The maximum absolute atomic E-state index is 13.5. The minimum atomic E-state index is -0.552. The second kappa shape index (κ2) is 12.0. The molecule has 5 heterocycles. The number of nitrogens with two attached hydrogens (primary N) is 1. The normalized spacial score (nSPS) is 17.5. The number of anilines is 1. The zero-order chi connectivity index (χ0) is 29.8. The van der Waals surface area contributed by atoms with E-state index in [1.807, 2.05) is 10.8 Å². The number of likely N-dealkylation sites (tertiary alicyclic amines) is 1. The van der Waals surface area contributed by atoms with E-state index in [1.165, 1.54) is 24.6 Å². The van der Waals surface area contributed by atoms with E-state index in [9.17, 15) is 14.4 Å². The Morgan fingerprint density at radius 2 is 1.83 bits per heavy atom. The molecule has 13 nitrogen and oxygen atoms in total. The lowest BCUT2D eigenvalue weighted by Crippen LogP contribution is -2.40. The molecule has 3 aromatic rings. The highest BCUT2D eigenvalue weighted by Crippen LogP contribution is 2.29. The zero-order valence-corrected chi connectivity index (χ0v) is 23.1. The van der Waals surface area contributed by atoms with Gasteiger partial charge in [0.25, 0.3) is 11.8 Å². The molecule has 1 atom stereocenters. The first-order chi connectivity index (χ1) is 20.3. The van der Waals surface area contributed by atoms with Gasteiger partial charge in [-0.1, -0.05) is 25.8 Å². The van der Waals surface area contributed by atoms with Crippen LogP contribution >= 0.6 is 0 Å². The first-order valence-corrected chi connectivity index (χ1v) is 13.5. The molecule has 3 aromatic heterocycles. The lowest BCUT2D eigenvalue weighted by molar-refractivity contribution is -0.128. The first kappa shape index (κ1) is 28.2. The van der Waals surface area contributed by atoms with E-state index < -0.39 is 5.91 Å². The van der Waals surface area contributed by atoms with Crippen LogP contribution in [0.4, 0.5) is 5.82 Å². The molecule has 1 saturated heterocycles. The van der Waals surface area contributed by atoms with Crippen LogP contribution in [0.2, 0.25) is 0 Å². The third-order valence-corrected chi connectivity index (χ3v) is 7.38. The molecule has 0 radical (unpaired) electrons. The van der Waals surface area contributed by atoms with Crippen LogP contribution in [-0.4, -0.2) is 76.5 Å². The summed E-state index contributed by atoms with van der Waals surface area (Å²) in [6, 6.07) is -0.215. The topological polar surface area (TPSA) is 157 Å². The van der Waals surface area contributed by atoms with Gasteiger partial charge in [-0.25, -0.2) is 19.6 Å². The van der Waals surface area contributed by atoms with Gasteiger partial charge in [0.2, 0.25) is 5.91 Å². The summed E-state index contributed by atoms with van der Waals surface area (Å²) in [5, 5.41) is 7.69. The van der Waals surface area contributed by atoms with E-state index >= 15 is 0 Å². The molecular formula is C29H32N10O3. The third-order valence-electron chi connectivity index (χ3n) is 7.38. The number of hydrogen-bond acceptors (Lipinski definition) is 8. The number of allylic oxidation sites excluding steroid dienone is 3. The highest BCUT2D eigenvalue weighted by molar-refractivity contribution is 6.08. The number of carbonyl (C=O) groups excluding carboxylic acids is 3. The molecule has 0 aromatic carbocycles. The minimum absolute atomic E-state index is 0.0378. The molecule has 3 N–H and O–H groups in total. The molecule has 2 aliphatic heterocycles. The standard InChI is InChI=1S/C29H32N10O3/c1-4-19(29(42)38-15-14-36-13-11-31-22(36)17-38)9-10-20(5-2)34-28(41)25-24-26(30)32-18-33-27(24)39(35-25)21-8-7-12-37(16-21)23(40)6-3/h4-6,9-11,13,18,21H,1-3,7-8,12,14-17H2,(H,34,41)(H2,30,32,33)/b19-9+,20-10+/t21-/m1/s1. The third kappa shape index (κ3) is 5.48. The second-order valence-corrected chi connectivity index (χ2v) is 9.91. The molecule has 3 amide bonds. The smallest absolute Gasteiger partial charge is 0.277 e. The predicted molar refractivity (Wildman–Crippen MR) is 156 cm³/mol. The van der Waals surface area contributed by atoms with Gasteiger partial charge in [0.15, 0.2) is 11.3 Å². The summed E-state index contributed by atoms with van der Waals surface area (Å²) in [5.41, 5.74) is 7.30. The minimum Gasteiger partial charge on any atom is -0.383 e. The molecular weight excluding hydrogens is 536 g/mol. The van der Waals surface area contributed by atoms with Crippen LogP contribution < -0.4 is 11.1 Å². The predicted octanol–water partition coefficient (Wildman–Crippen LogP) is 1.91. The number of imidazole rings is 1. The number of amides is 3. The van der Waals surface area contributed by atoms with Crippen molar-refractivity contribution in [3.05, 3.63) is 91.6 Å². The van der Waals surface area contributed by atoms with Crippen LogP contribution in [0.25, 0.3) is 11.0 Å². The summed E-state index contributed by atoms with van der Waals surface area (Å²) in [6.07, 6.45) is 13.8. The van der Waals surface area contributed by atoms with Crippen molar-refractivity contribution < 1.29 is 14.4 Å². The molecule has 0 unspecified atom stereocenters. The summed E-state index contributed by atoms with van der Waals surface area (Å²) >= 11 is 0. The molecule has 0 spiro atoms. The average Bonchev–Trinajstić information content (AvgIpc) is 3.65. The molecule has 42 heavy (non-hydrogen) atoms. The van der Waals surface area contributed by atoms with Crippen molar-refractivity contribution in [2.45, 2.75) is 32.0 Å². The fraction of sp³-hybridized carbons (Fsp3) is 0.276. The van der Waals surface area contributed by atoms with Gasteiger partial charge in [0, 0.05) is 49.8 Å². The number of fused-ring (bicyclic) bond motifs is 2. The monoisotopic (exact) mass is 568 g/mol. The van der Waals surface area contributed by atoms with E-state index in [1.54, 1.807) is 32.8 Å². The van der Waals surface area contributed by atoms with E-state index in [-0.39, 0.29) is 29.4 Å². The molecule has 216 valence electrons. The maximum atomic E-state index is 13.5. The van der Waals surface area contributed by atoms with Crippen molar-refractivity contribution in [3.63, 3.8) is 0 Å². The van der Waals surface area contributed by atoms with Gasteiger partial charge in [0.05, 0.1) is 18.0 Å². The summed E-state index contributed by atoms with van der Waals surface area (Å²) in [6.45, 7) is 13.8. The van der Waals surface area contributed by atoms with Gasteiger partial charge in [-0.2, -0.15) is 5.10 Å². The van der Waals surface area contributed by atoms with Crippen molar-refractivity contribution in [2.24, 2.45) is 0 Å². The fourth-order valence-corrected chi connectivity index (χ4v) is 5.18. The molecule has 2 aliphatic rings. The Bertz CT molecular complexity index is 1650. The Labute approximate surface area is 242 Å². The number of nitrogens with one attached hydrogen (secondary N) is 1. The molecule has 1 fully saturated rings. The van der Waals surface area contributed by atoms with Crippen LogP contribution in [-0.2, 0) is 22.7 Å². The lowest BCUT2D eigenvalue weighted by atomic mass is 10.1. The second-order valence-electron chi connectivity index (χ2n) is 9.91. The van der Waals surface area contributed by atoms with Crippen LogP contribution in [0.15, 0.2) is 80.1 Å². The van der Waals surface area contributed by atoms with Gasteiger partial charge in [0.1, 0.15) is 18.0 Å². The number of rotatable bonds is 8. The Morgan fingerprint density at radius 3 is 2.60 bits per heavy atom. The Balaban J connectivity index is 1.38. The van der Waals surface area contributed by atoms with Gasteiger partial charge >= 0.3 is 0 Å². The average molecular weight is 569 g/mol. The summed E-state index contributed by atoms with van der Waals surface area (Å²) in [7, 11) is 0. The maximum Gasteiger partial charge on any atom is 0.277 e. The SMILES string of the molecule is C=CC(=O)N1CCC[C@@H](n2nc(C(=O)N/C(C=C)=C/C=C(\C=C)C(=O)N3CCn4ccnc4C3)c3c(N)ncnc32)C1.